The lowest BCUT2D eigenvalue weighted by Crippen LogP contribution is -2.41. The van der Waals surface area contributed by atoms with Gasteiger partial charge in [-0.2, -0.15) is 0 Å². The van der Waals surface area contributed by atoms with Crippen LogP contribution in [0.4, 0.5) is 0 Å². The standard InChI is InChI=1S/C16H20O4/c1-19-15(17)9-5-3-7-10(16(18)20-2)8-4-6(9)12-11(5)13(7)14(8)12/h5-14H,3-4H2,1-2H3/t5-,6-,7+,8+,9?,10?,11?,12?,13?,14?. The van der Waals surface area contributed by atoms with Crippen molar-refractivity contribution in [3.8, 4) is 0 Å². The monoisotopic (exact) mass is 276 g/mol. The molecule has 5 fully saturated rings. The molecule has 0 bridgehead atoms. The average molecular weight is 276 g/mol. The Morgan fingerprint density at radius 2 is 1.00 bits per heavy atom. The second-order valence-electron chi connectivity index (χ2n) is 7.53. The first-order valence-corrected chi connectivity index (χ1v) is 7.84. The van der Waals surface area contributed by atoms with Crippen LogP contribution in [0.25, 0.3) is 0 Å². The smallest absolute Gasteiger partial charge is 0.309 e. The zero-order valence-corrected chi connectivity index (χ0v) is 11.8. The summed E-state index contributed by atoms with van der Waals surface area (Å²) in [5.74, 6) is 5.01. The molecule has 0 aromatic rings. The topological polar surface area (TPSA) is 52.6 Å². The highest BCUT2D eigenvalue weighted by Gasteiger charge is 2.80. The van der Waals surface area contributed by atoms with Gasteiger partial charge in [-0.25, -0.2) is 0 Å². The molecule has 5 saturated carbocycles. The maximum atomic E-state index is 12.2. The summed E-state index contributed by atoms with van der Waals surface area (Å²) >= 11 is 0. The Labute approximate surface area is 118 Å². The fourth-order valence-electron chi connectivity index (χ4n) is 7.57. The van der Waals surface area contributed by atoms with Crippen LogP contribution in [0.5, 0.6) is 0 Å². The van der Waals surface area contributed by atoms with Gasteiger partial charge in [-0.05, 0) is 60.2 Å². The van der Waals surface area contributed by atoms with Gasteiger partial charge in [0, 0.05) is 0 Å². The third-order valence-corrected chi connectivity index (χ3v) is 7.64. The summed E-state index contributed by atoms with van der Waals surface area (Å²) in [5, 5.41) is 0. The number of esters is 2. The van der Waals surface area contributed by atoms with Gasteiger partial charge in [0.05, 0.1) is 26.1 Å². The number of methoxy groups -OCH3 is 2. The molecule has 108 valence electrons. The van der Waals surface area contributed by atoms with Crippen LogP contribution in [0.15, 0.2) is 0 Å². The first-order valence-electron chi connectivity index (χ1n) is 7.84. The Balaban J connectivity index is 1.56. The third-order valence-electron chi connectivity index (χ3n) is 7.64. The molecule has 0 heterocycles. The molecule has 5 aliphatic rings. The van der Waals surface area contributed by atoms with E-state index in [2.05, 4.69) is 0 Å². The van der Waals surface area contributed by atoms with Gasteiger partial charge in [-0.1, -0.05) is 0 Å². The van der Waals surface area contributed by atoms with Crippen molar-refractivity contribution in [1.29, 1.82) is 0 Å². The lowest BCUT2D eigenvalue weighted by molar-refractivity contribution is -0.150. The molecule has 8 atom stereocenters. The molecule has 0 amide bonds. The molecule has 0 radical (unpaired) electrons. The minimum Gasteiger partial charge on any atom is -0.469 e. The van der Waals surface area contributed by atoms with E-state index in [1.165, 1.54) is 14.2 Å². The molecule has 5 rings (SSSR count). The van der Waals surface area contributed by atoms with Crippen molar-refractivity contribution in [2.24, 2.45) is 59.2 Å². The minimum absolute atomic E-state index is 0.00437. The van der Waals surface area contributed by atoms with Crippen LogP contribution in [0.2, 0.25) is 0 Å². The van der Waals surface area contributed by atoms with Crippen molar-refractivity contribution < 1.29 is 19.1 Å². The fourth-order valence-corrected chi connectivity index (χ4v) is 7.57. The molecule has 20 heavy (non-hydrogen) atoms. The van der Waals surface area contributed by atoms with Gasteiger partial charge in [0.15, 0.2) is 0 Å². The van der Waals surface area contributed by atoms with E-state index in [0.717, 1.165) is 12.8 Å². The number of carbonyl (C=O) groups is 2. The molecular formula is C16H20O4. The van der Waals surface area contributed by atoms with E-state index in [4.69, 9.17) is 9.47 Å². The van der Waals surface area contributed by atoms with Crippen molar-refractivity contribution in [3.05, 3.63) is 0 Å². The largest absolute Gasteiger partial charge is 0.469 e. The summed E-state index contributed by atoms with van der Waals surface area (Å²) in [4.78, 5) is 24.4. The third kappa shape index (κ3) is 0.961. The normalized spacial score (nSPS) is 59.5. The lowest BCUT2D eigenvalue weighted by Gasteiger charge is -2.44. The number of ether oxygens (including phenoxy) is 2. The lowest BCUT2D eigenvalue weighted by atomic mass is 9.60. The number of rotatable bonds is 2. The number of hydrogen-bond donors (Lipinski definition) is 0. The molecule has 0 aliphatic heterocycles. The zero-order chi connectivity index (χ0) is 13.8. The summed E-state index contributed by atoms with van der Waals surface area (Å²) in [6.07, 6.45) is 2.10. The van der Waals surface area contributed by atoms with Gasteiger partial charge < -0.3 is 9.47 Å². The van der Waals surface area contributed by atoms with Crippen molar-refractivity contribution in [1.82, 2.24) is 0 Å². The Kier molecular flexibility index (Phi) is 1.97. The van der Waals surface area contributed by atoms with E-state index in [1.807, 2.05) is 0 Å². The fraction of sp³-hybridized carbons (Fsp3) is 0.875. The van der Waals surface area contributed by atoms with E-state index in [9.17, 15) is 9.59 Å². The summed E-state index contributed by atoms with van der Waals surface area (Å²) in [7, 11) is 3.03. The van der Waals surface area contributed by atoms with E-state index in [0.29, 0.717) is 47.3 Å². The van der Waals surface area contributed by atoms with Crippen LogP contribution in [-0.4, -0.2) is 26.2 Å². The highest BCUT2D eigenvalue weighted by atomic mass is 16.5. The predicted molar refractivity (Wildman–Crippen MR) is 68.2 cm³/mol. The molecule has 5 aliphatic carbocycles. The van der Waals surface area contributed by atoms with Gasteiger partial charge in [-0.3, -0.25) is 9.59 Å². The van der Waals surface area contributed by atoms with Crippen LogP contribution in [0.1, 0.15) is 12.8 Å². The minimum atomic E-state index is 0.00437. The second kappa shape index (κ2) is 3.40. The van der Waals surface area contributed by atoms with E-state index >= 15 is 0 Å². The molecule has 4 heteroatoms. The maximum Gasteiger partial charge on any atom is 0.309 e. The summed E-state index contributed by atoms with van der Waals surface area (Å²) in [5.41, 5.74) is 0. The SMILES string of the molecule is COC(=O)C1[C@@H]2C[C@H]3C4C2C2C4[C@H](C[C@H]21)C3C(=O)OC. The van der Waals surface area contributed by atoms with E-state index in [1.54, 1.807) is 0 Å². The molecule has 0 N–H and O–H groups in total. The van der Waals surface area contributed by atoms with E-state index in [-0.39, 0.29) is 23.8 Å². The first-order chi connectivity index (χ1) is 9.69. The van der Waals surface area contributed by atoms with Crippen LogP contribution in [-0.2, 0) is 19.1 Å². The number of carbonyl (C=O) groups excluding carboxylic acids is 2. The van der Waals surface area contributed by atoms with Gasteiger partial charge in [0.25, 0.3) is 0 Å². The zero-order valence-electron chi connectivity index (χ0n) is 11.8. The summed E-state index contributed by atoms with van der Waals surface area (Å²) < 4.78 is 10.1. The van der Waals surface area contributed by atoms with Crippen molar-refractivity contribution in [2.45, 2.75) is 12.8 Å². The second-order valence-corrected chi connectivity index (χ2v) is 7.53. The van der Waals surface area contributed by atoms with Crippen LogP contribution in [0, 0.1) is 59.2 Å². The van der Waals surface area contributed by atoms with Crippen molar-refractivity contribution >= 4 is 11.9 Å². The molecular weight excluding hydrogens is 256 g/mol. The van der Waals surface area contributed by atoms with Gasteiger partial charge in [0.1, 0.15) is 0 Å². The van der Waals surface area contributed by atoms with Gasteiger partial charge in [0.2, 0.25) is 0 Å². The van der Waals surface area contributed by atoms with Crippen LogP contribution >= 0.6 is 0 Å². The quantitative estimate of drug-likeness (QED) is 0.714. The Morgan fingerprint density at radius 3 is 1.25 bits per heavy atom. The molecule has 4 nitrogen and oxygen atoms in total. The number of hydrogen-bond acceptors (Lipinski definition) is 4. The van der Waals surface area contributed by atoms with Gasteiger partial charge in [-0.15, -0.1) is 0 Å². The molecule has 0 saturated heterocycles. The summed E-state index contributed by atoms with van der Waals surface area (Å²) in [6.45, 7) is 0. The Hall–Kier alpha value is -1.06. The van der Waals surface area contributed by atoms with Crippen LogP contribution < -0.4 is 0 Å². The molecule has 0 spiro atoms. The average Bonchev–Trinajstić information content (AvgIpc) is 3.00. The highest BCUT2D eigenvalue weighted by Crippen LogP contribution is 2.82. The predicted octanol–water partition coefficient (Wildman–Crippen LogP) is 1.34. The van der Waals surface area contributed by atoms with Gasteiger partial charge >= 0.3 is 11.9 Å². The van der Waals surface area contributed by atoms with Crippen LogP contribution in [0.3, 0.4) is 0 Å². The summed E-state index contributed by atoms with van der Waals surface area (Å²) in [6, 6.07) is 0. The maximum absolute atomic E-state index is 12.2. The Bertz CT molecular complexity index is 433. The van der Waals surface area contributed by atoms with Crippen molar-refractivity contribution in [3.63, 3.8) is 0 Å². The molecule has 0 aromatic heterocycles. The molecule has 4 unspecified atom stereocenters. The first kappa shape index (κ1) is 11.6. The van der Waals surface area contributed by atoms with E-state index < -0.39 is 0 Å². The molecule has 0 aromatic carbocycles. The van der Waals surface area contributed by atoms with Crippen molar-refractivity contribution in [2.75, 3.05) is 14.2 Å². The Morgan fingerprint density at radius 1 is 0.700 bits per heavy atom. The highest BCUT2D eigenvalue weighted by molar-refractivity contribution is 5.77.